The largest absolute Gasteiger partial charge is 0.356 e. The van der Waals surface area contributed by atoms with Gasteiger partial charge in [-0.15, -0.1) is 0 Å². The summed E-state index contributed by atoms with van der Waals surface area (Å²) in [7, 11) is 0. The number of nitrogens with zero attached hydrogens (tertiary/aromatic N) is 2. The zero-order valence-corrected chi connectivity index (χ0v) is 17.8. The lowest BCUT2D eigenvalue weighted by Gasteiger charge is -2.34. The molecule has 1 aliphatic rings. The van der Waals surface area contributed by atoms with Crippen LogP contribution in [0.2, 0.25) is 0 Å². The van der Waals surface area contributed by atoms with Crippen LogP contribution in [0.1, 0.15) is 23.4 Å². The van der Waals surface area contributed by atoms with Gasteiger partial charge in [-0.3, -0.25) is 14.5 Å². The molecule has 4 rings (SSSR count). The normalized spacial score (nSPS) is 16.8. The molecule has 0 spiro atoms. The van der Waals surface area contributed by atoms with Crippen LogP contribution in [0.5, 0.6) is 0 Å². The van der Waals surface area contributed by atoms with Crippen molar-refractivity contribution in [2.45, 2.75) is 32.4 Å². The minimum absolute atomic E-state index is 0.0489. The number of H-pyrrole nitrogens is 1. The number of hydrogen-bond acceptors (Lipinski definition) is 4. The summed E-state index contributed by atoms with van der Waals surface area (Å²) in [6.45, 7) is 3.24. The molecule has 32 heavy (non-hydrogen) atoms. The van der Waals surface area contributed by atoms with E-state index in [0.717, 1.165) is 28.5 Å². The summed E-state index contributed by atoms with van der Waals surface area (Å²) in [5.41, 5.74) is 3.09. The molecule has 1 saturated heterocycles. The predicted octanol–water partition coefficient (Wildman–Crippen LogP) is 2.20. The number of rotatable bonds is 7. The Kier molecular flexibility index (Phi) is 6.45. The lowest BCUT2D eigenvalue weighted by molar-refractivity contribution is -0.134. The van der Waals surface area contributed by atoms with Crippen molar-refractivity contribution in [3.63, 3.8) is 0 Å². The molecule has 0 saturated carbocycles. The zero-order chi connectivity index (χ0) is 22.7. The Morgan fingerprint density at radius 3 is 2.88 bits per heavy atom. The highest BCUT2D eigenvalue weighted by Crippen LogP contribution is 2.18. The number of fused-ring (bicyclic) bond motifs is 1. The SMILES string of the molecule is Cc1cccc2[nH]c(CCNC(=O)CC3C(=O)NCCN3Cc3cccc(F)c3F)nc12. The van der Waals surface area contributed by atoms with Gasteiger partial charge in [0.2, 0.25) is 11.8 Å². The zero-order valence-electron chi connectivity index (χ0n) is 17.8. The topological polar surface area (TPSA) is 90.1 Å². The number of imidazole rings is 1. The number of carbonyl (C=O) groups excluding carboxylic acids is 2. The Hall–Kier alpha value is -3.33. The van der Waals surface area contributed by atoms with E-state index in [9.17, 15) is 18.4 Å². The van der Waals surface area contributed by atoms with E-state index in [1.165, 1.54) is 12.1 Å². The molecule has 1 aromatic heterocycles. The summed E-state index contributed by atoms with van der Waals surface area (Å²) in [6, 6.07) is 9.12. The first-order valence-corrected chi connectivity index (χ1v) is 10.6. The highest BCUT2D eigenvalue weighted by molar-refractivity contribution is 5.88. The summed E-state index contributed by atoms with van der Waals surface area (Å²) >= 11 is 0. The van der Waals surface area contributed by atoms with E-state index in [2.05, 4.69) is 20.6 Å². The fraction of sp³-hybridized carbons (Fsp3) is 0.348. The van der Waals surface area contributed by atoms with Crippen LogP contribution in [0.15, 0.2) is 36.4 Å². The smallest absolute Gasteiger partial charge is 0.237 e. The highest BCUT2D eigenvalue weighted by atomic mass is 19.2. The number of aryl methyl sites for hydroxylation is 1. The van der Waals surface area contributed by atoms with Crippen LogP contribution in [-0.2, 0) is 22.6 Å². The van der Waals surface area contributed by atoms with Gasteiger partial charge in [-0.25, -0.2) is 13.8 Å². The molecule has 1 atom stereocenters. The summed E-state index contributed by atoms with van der Waals surface area (Å²) in [6.07, 6.45) is 0.455. The van der Waals surface area contributed by atoms with Crippen molar-refractivity contribution in [1.29, 1.82) is 0 Å². The van der Waals surface area contributed by atoms with Crippen LogP contribution >= 0.6 is 0 Å². The van der Waals surface area contributed by atoms with E-state index in [-0.39, 0.29) is 30.3 Å². The van der Waals surface area contributed by atoms with Gasteiger partial charge in [-0.05, 0) is 24.6 Å². The van der Waals surface area contributed by atoms with Crippen molar-refractivity contribution in [1.82, 2.24) is 25.5 Å². The molecule has 1 unspecified atom stereocenters. The maximum Gasteiger partial charge on any atom is 0.237 e. The fourth-order valence-corrected chi connectivity index (χ4v) is 3.98. The van der Waals surface area contributed by atoms with Gasteiger partial charge >= 0.3 is 0 Å². The second-order valence-corrected chi connectivity index (χ2v) is 7.95. The van der Waals surface area contributed by atoms with Crippen LogP contribution in [0.4, 0.5) is 8.78 Å². The van der Waals surface area contributed by atoms with Gasteiger partial charge in [0.25, 0.3) is 0 Å². The van der Waals surface area contributed by atoms with E-state index >= 15 is 0 Å². The Balaban J connectivity index is 1.35. The fourth-order valence-electron chi connectivity index (χ4n) is 3.98. The van der Waals surface area contributed by atoms with Gasteiger partial charge in [0.1, 0.15) is 5.82 Å². The average Bonchev–Trinajstić information content (AvgIpc) is 3.18. The van der Waals surface area contributed by atoms with Crippen LogP contribution < -0.4 is 10.6 Å². The number of nitrogens with one attached hydrogen (secondary N) is 3. The average molecular weight is 441 g/mol. The number of hydrogen-bond donors (Lipinski definition) is 3. The molecule has 7 nitrogen and oxygen atoms in total. The van der Waals surface area contributed by atoms with E-state index in [1.807, 2.05) is 25.1 Å². The second kappa shape index (κ2) is 9.44. The van der Waals surface area contributed by atoms with Crippen LogP contribution in [-0.4, -0.2) is 52.4 Å². The number of halogens is 2. The van der Waals surface area contributed by atoms with Crippen molar-refractivity contribution in [3.05, 3.63) is 65.0 Å². The Labute approximate surface area is 184 Å². The van der Waals surface area contributed by atoms with Gasteiger partial charge < -0.3 is 15.6 Å². The van der Waals surface area contributed by atoms with Crippen molar-refractivity contribution in [3.8, 4) is 0 Å². The minimum atomic E-state index is -0.931. The molecule has 3 aromatic rings. The number of para-hydroxylation sites is 1. The molecule has 9 heteroatoms. The predicted molar refractivity (Wildman–Crippen MR) is 116 cm³/mol. The van der Waals surface area contributed by atoms with Crippen molar-refractivity contribution in [2.75, 3.05) is 19.6 Å². The third kappa shape index (κ3) is 4.77. The number of amides is 2. The molecule has 2 heterocycles. The number of aromatic amines is 1. The van der Waals surface area contributed by atoms with E-state index in [0.29, 0.717) is 26.1 Å². The minimum Gasteiger partial charge on any atom is -0.356 e. The molecule has 1 fully saturated rings. The first kappa shape index (κ1) is 21.9. The molecule has 3 N–H and O–H groups in total. The number of benzene rings is 2. The van der Waals surface area contributed by atoms with E-state index in [4.69, 9.17) is 0 Å². The number of piperazine rings is 1. The molecule has 1 aliphatic heterocycles. The molecule has 168 valence electrons. The summed E-state index contributed by atoms with van der Waals surface area (Å²) in [5, 5.41) is 5.56. The molecule has 0 bridgehead atoms. The standard InChI is InChI=1S/C23H25F2N5O2/c1-14-4-2-7-17-22(14)29-19(28-17)8-9-26-20(31)12-18-23(32)27-10-11-30(18)13-15-5-3-6-16(24)21(15)25/h2-7,18H,8-13H2,1H3,(H,26,31)(H,27,32)(H,28,29). The van der Waals surface area contributed by atoms with Gasteiger partial charge in [0, 0.05) is 38.2 Å². The molecular formula is C23H25F2N5O2. The molecule has 2 amide bonds. The van der Waals surface area contributed by atoms with Crippen molar-refractivity contribution >= 4 is 22.8 Å². The Morgan fingerprint density at radius 1 is 1.25 bits per heavy atom. The van der Waals surface area contributed by atoms with Crippen LogP contribution in [0.25, 0.3) is 11.0 Å². The first-order chi connectivity index (χ1) is 15.4. The van der Waals surface area contributed by atoms with E-state index in [1.54, 1.807) is 4.90 Å². The Morgan fingerprint density at radius 2 is 2.06 bits per heavy atom. The molecular weight excluding hydrogens is 416 g/mol. The highest BCUT2D eigenvalue weighted by Gasteiger charge is 2.32. The van der Waals surface area contributed by atoms with Gasteiger partial charge in [0.15, 0.2) is 11.6 Å². The summed E-state index contributed by atoms with van der Waals surface area (Å²) in [4.78, 5) is 34.4. The third-order valence-electron chi connectivity index (χ3n) is 5.67. The number of carbonyl (C=O) groups is 2. The second-order valence-electron chi connectivity index (χ2n) is 7.95. The lowest BCUT2D eigenvalue weighted by Crippen LogP contribution is -2.56. The molecule has 2 aromatic carbocycles. The number of aromatic nitrogens is 2. The van der Waals surface area contributed by atoms with Crippen molar-refractivity contribution < 1.29 is 18.4 Å². The van der Waals surface area contributed by atoms with Gasteiger partial charge in [-0.1, -0.05) is 24.3 Å². The van der Waals surface area contributed by atoms with Crippen LogP contribution in [0.3, 0.4) is 0 Å². The maximum absolute atomic E-state index is 14.1. The first-order valence-electron chi connectivity index (χ1n) is 10.6. The van der Waals surface area contributed by atoms with Crippen LogP contribution in [0, 0.1) is 18.6 Å². The monoisotopic (exact) mass is 441 g/mol. The Bertz CT molecular complexity index is 1150. The summed E-state index contributed by atoms with van der Waals surface area (Å²) < 4.78 is 27.6. The van der Waals surface area contributed by atoms with Gasteiger partial charge in [-0.2, -0.15) is 0 Å². The summed E-state index contributed by atoms with van der Waals surface area (Å²) in [5.74, 6) is -1.67. The van der Waals surface area contributed by atoms with Crippen molar-refractivity contribution in [2.24, 2.45) is 0 Å². The molecule has 0 aliphatic carbocycles. The lowest BCUT2D eigenvalue weighted by atomic mass is 10.1. The quantitative estimate of drug-likeness (QED) is 0.524. The van der Waals surface area contributed by atoms with E-state index < -0.39 is 17.7 Å². The maximum atomic E-state index is 14.1. The van der Waals surface area contributed by atoms with Gasteiger partial charge in [0.05, 0.1) is 23.5 Å². The molecule has 0 radical (unpaired) electrons. The third-order valence-corrected chi connectivity index (χ3v) is 5.67.